The van der Waals surface area contributed by atoms with Crippen molar-refractivity contribution in [3.63, 3.8) is 0 Å². The standard InChI is InChI=1S/C10H11NO3.C5H11N/c12-9(6-7-10(13)14)11-8-4-2-1-3-5-8;1-2-4-6-5-3-1/h1-5H,6-7H2,(H,11,12)(H,13,14);6H,1-5H2. The summed E-state index contributed by atoms with van der Waals surface area (Å²) < 4.78 is 0. The number of anilines is 1. The van der Waals surface area contributed by atoms with Crippen molar-refractivity contribution in [2.45, 2.75) is 32.1 Å². The van der Waals surface area contributed by atoms with Gasteiger partial charge in [0.15, 0.2) is 0 Å². The fourth-order valence-electron chi connectivity index (χ4n) is 1.86. The first-order valence-electron chi connectivity index (χ1n) is 7.05. The van der Waals surface area contributed by atoms with Crippen LogP contribution in [0.25, 0.3) is 0 Å². The molecule has 1 amide bonds. The van der Waals surface area contributed by atoms with Crippen LogP contribution in [-0.4, -0.2) is 25.0 Å². The van der Waals surface area contributed by atoms with E-state index in [0.717, 1.165) is 0 Å². The van der Waals surface area contributed by atoms with E-state index in [4.69, 9.17) is 0 Å². The molecule has 1 heterocycles. The van der Waals surface area contributed by atoms with E-state index in [9.17, 15) is 14.7 Å². The Morgan fingerprint density at radius 2 is 1.70 bits per heavy atom. The van der Waals surface area contributed by atoms with Gasteiger partial charge >= 0.3 is 0 Å². The van der Waals surface area contributed by atoms with Gasteiger partial charge in [-0.15, -0.1) is 0 Å². The Kier molecular flexibility index (Phi) is 8.07. The zero-order valence-corrected chi connectivity index (χ0v) is 11.6. The first-order chi connectivity index (χ1) is 9.68. The summed E-state index contributed by atoms with van der Waals surface area (Å²) in [6.07, 6.45) is 4.05. The third-order valence-electron chi connectivity index (χ3n) is 2.93. The molecule has 0 aromatic heterocycles. The normalized spacial score (nSPS) is 13.8. The number of carboxylic acids is 1. The van der Waals surface area contributed by atoms with Crippen LogP contribution in [0.15, 0.2) is 30.3 Å². The fourth-order valence-corrected chi connectivity index (χ4v) is 1.86. The molecule has 0 unspecified atom stereocenters. The molecule has 0 bridgehead atoms. The molecule has 1 aromatic rings. The van der Waals surface area contributed by atoms with Crippen molar-refractivity contribution in [3.8, 4) is 0 Å². The van der Waals surface area contributed by atoms with Crippen molar-refractivity contribution in [2.24, 2.45) is 0 Å². The first kappa shape index (κ1) is 16.2. The van der Waals surface area contributed by atoms with Crippen LogP contribution in [0, 0.1) is 0 Å². The number of carbonyl (C=O) groups is 2. The van der Waals surface area contributed by atoms with E-state index in [1.807, 2.05) is 6.07 Å². The van der Waals surface area contributed by atoms with Crippen molar-refractivity contribution in [2.75, 3.05) is 18.4 Å². The molecule has 0 spiro atoms. The van der Waals surface area contributed by atoms with Crippen LogP contribution < -0.4 is 15.7 Å². The third-order valence-corrected chi connectivity index (χ3v) is 2.93. The summed E-state index contributed by atoms with van der Waals surface area (Å²) in [7, 11) is 0. The molecule has 5 heteroatoms. The molecule has 1 aliphatic rings. The molecule has 1 aliphatic heterocycles. The molecule has 2 rings (SSSR count). The Morgan fingerprint density at radius 3 is 2.15 bits per heavy atom. The second-order valence-electron chi connectivity index (χ2n) is 4.71. The number of rotatable bonds is 4. The Bertz CT molecular complexity index is 391. The zero-order chi connectivity index (χ0) is 14.6. The highest BCUT2D eigenvalue weighted by Crippen LogP contribution is 2.05. The van der Waals surface area contributed by atoms with Gasteiger partial charge in [0.05, 0.1) is 13.1 Å². The summed E-state index contributed by atoms with van der Waals surface area (Å²) >= 11 is 0. The van der Waals surface area contributed by atoms with Gasteiger partial charge in [0, 0.05) is 18.1 Å². The predicted octanol–water partition coefficient (Wildman–Crippen LogP) is -0.111. The maximum absolute atomic E-state index is 11.1. The van der Waals surface area contributed by atoms with Gasteiger partial charge in [0.25, 0.3) is 0 Å². The van der Waals surface area contributed by atoms with Crippen molar-refractivity contribution < 1.29 is 20.0 Å². The van der Waals surface area contributed by atoms with E-state index < -0.39 is 5.97 Å². The van der Waals surface area contributed by atoms with E-state index >= 15 is 0 Å². The topological polar surface area (TPSA) is 85.8 Å². The lowest BCUT2D eigenvalue weighted by Crippen LogP contribution is -2.85. The van der Waals surface area contributed by atoms with E-state index in [0.29, 0.717) is 5.69 Å². The van der Waals surface area contributed by atoms with Gasteiger partial charge in [0.1, 0.15) is 0 Å². The quantitative estimate of drug-likeness (QED) is 0.805. The maximum atomic E-state index is 11.1. The number of nitrogens with one attached hydrogen (secondary N) is 1. The second kappa shape index (κ2) is 9.97. The third kappa shape index (κ3) is 8.26. The van der Waals surface area contributed by atoms with Gasteiger partial charge in [-0.2, -0.15) is 0 Å². The number of piperidine rings is 1. The summed E-state index contributed by atoms with van der Waals surface area (Å²) in [5, 5.41) is 15.0. The van der Waals surface area contributed by atoms with Crippen molar-refractivity contribution >= 4 is 17.6 Å². The number of carbonyl (C=O) groups excluding carboxylic acids is 2. The number of carboxylic acid groups (broad SMARTS) is 1. The number of quaternary nitrogens is 1. The summed E-state index contributed by atoms with van der Waals surface area (Å²) in [4.78, 5) is 21.2. The Morgan fingerprint density at radius 1 is 1.05 bits per heavy atom. The lowest BCUT2D eigenvalue weighted by Gasteiger charge is -2.05. The average molecular weight is 278 g/mol. The summed E-state index contributed by atoms with van der Waals surface area (Å²) in [5.74, 6) is -1.53. The van der Waals surface area contributed by atoms with E-state index in [2.05, 4.69) is 10.6 Å². The van der Waals surface area contributed by atoms with E-state index in [-0.39, 0.29) is 18.7 Å². The number of nitrogens with two attached hydrogens (primary N) is 1. The monoisotopic (exact) mass is 278 g/mol. The number of hydrogen-bond acceptors (Lipinski definition) is 3. The predicted molar refractivity (Wildman–Crippen MR) is 74.8 cm³/mol. The molecule has 110 valence electrons. The molecule has 1 aromatic carbocycles. The van der Waals surface area contributed by atoms with Crippen LogP contribution in [0.4, 0.5) is 5.69 Å². The number of amides is 1. The van der Waals surface area contributed by atoms with Crippen molar-refractivity contribution in [1.82, 2.24) is 0 Å². The molecule has 0 radical (unpaired) electrons. The summed E-state index contributed by atoms with van der Waals surface area (Å²) in [6, 6.07) is 8.87. The summed E-state index contributed by atoms with van der Waals surface area (Å²) in [6.45, 7) is 2.75. The molecule has 0 saturated carbocycles. The molecular formula is C15H22N2O3. The molecular weight excluding hydrogens is 256 g/mol. The van der Waals surface area contributed by atoms with Crippen LogP contribution in [0.5, 0.6) is 0 Å². The van der Waals surface area contributed by atoms with Crippen LogP contribution in [0.1, 0.15) is 32.1 Å². The van der Waals surface area contributed by atoms with Gasteiger partial charge in [-0.3, -0.25) is 4.79 Å². The van der Waals surface area contributed by atoms with Gasteiger partial charge < -0.3 is 20.5 Å². The largest absolute Gasteiger partial charge is 0.550 e. The van der Waals surface area contributed by atoms with Crippen LogP contribution >= 0.6 is 0 Å². The highest BCUT2D eigenvalue weighted by molar-refractivity contribution is 5.92. The molecule has 0 aliphatic carbocycles. The minimum absolute atomic E-state index is 0.0583. The molecule has 1 saturated heterocycles. The minimum Gasteiger partial charge on any atom is -0.550 e. The summed E-state index contributed by atoms with van der Waals surface area (Å²) in [5.41, 5.74) is 0.663. The first-order valence-corrected chi connectivity index (χ1v) is 7.05. The average Bonchev–Trinajstić information content (AvgIpc) is 2.49. The minimum atomic E-state index is -1.21. The van der Waals surface area contributed by atoms with E-state index in [1.165, 1.54) is 32.4 Å². The number of benzene rings is 1. The van der Waals surface area contributed by atoms with Gasteiger partial charge in [-0.1, -0.05) is 18.2 Å². The second-order valence-corrected chi connectivity index (χ2v) is 4.71. The lowest BCUT2D eigenvalue weighted by atomic mass is 10.2. The van der Waals surface area contributed by atoms with Crippen LogP contribution in [0.3, 0.4) is 0 Å². The highest BCUT2D eigenvalue weighted by atomic mass is 16.4. The van der Waals surface area contributed by atoms with Crippen molar-refractivity contribution in [1.29, 1.82) is 0 Å². The Hall–Kier alpha value is -1.88. The lowest BCUT2D eigenvalue weighted by molar-refractivity contribution is -0.662. The molecule has 20 heavy (non-hydrogen) atoms. The molecule has 5 nitrogen and oxygen atoms in total. The van der Waals surface area contributed by atoms with Crippen LogP contribution in [-0.2, 0) is 9.59 Å². The molecule has 3 N–H and O–H groups in total. The van der Waals surface area contributed by atoms with Crippen LogP contribution in [0.2, 0.25) is 0 Å². The SMILES string of the molecule is C1CC[NH2+]CC1.O=C([O-])CCC(=O)Nc1ccccc1. The van der Waals surface area contributed by atoms with Gasteiger partial charge in [-0.05, 0) is 37.8 Å². The Labute approximate surface area is 119 Å². The highest BCUT2D eigenvalue weighted by Gasteiger charge is 2.01. The molecule has 1 fully saturated rings. The van der Waals surface area contributed by atoms with E-state index in [1.54, 1.807) is 24.3 Å². The zero-order valence-electron chi connectivity index (χ0n) is 11.6. The maximum Gasteiger partial charge on any atom is 0.224 e. The molecule has 0 atom stereocenters. The van der Waals surface area contributed by atoms with Gasteiger partial charge in [-0.25, -0.2) is 0 Å². The smallest absolute Gasteiger partial charge is 0.224 e. The van der Waals surface area contributed by atoms with Gasteiger partial charge in [0.2, 0.25) is 5.91 Å². The Balaban J connectivity index is 0.000000276. The van der Waals surface area contributed by atoms with Crippen molar-refractivity contribution in [3.05, 3.63) is 30.3 Å². The number of para-hydroxylation sites is 1. The number of hydrogen-bond donors (Lipinski definition) is 2. The number of aliphatic carboxylic acids is 1. The fraction of sp³-hybridized carbons (Fsp3) is 0.467.